The number of carboxylic acid groups (broad SMARTS) is 1. The van der Waals surface area contributed by atoms with E-state index in [4.69, 9.17) is 5.11 Å². The summed E-state index contributed by atoms with van der Waals surface area (Å²) in [6.45, 7) is 0. The second kappa shape index (κ2) is 5.53. The standard InChI is InChI=1S/C13H8F2N2O4/c14-7-4-5-10(9(15)6-7)16-11-3-1-2-8(13(18)19)12(11)17(20)21/h1-6,16H,(H,18,19). The van der Waals surface area contributed by atoms with Gasteiger partial charge in [-0.25, -0.2) is 13.6 Å². The molecule has 0 radical (unpaired) electrons. The Hall–Kier alpha value is -3.03. The summed E-state index contributed by atoms with van der Waals surface area (Å²) in [6, 6.07) is 6.20. The number of carbonyl (C=O) groups is 1. The zero-order chi connectivity index (χ0) is 15.6. The van der Waals surface area contributed by atoms with Crippen molar-refractivity contribution in [2.24, 2.45) is 0 Å². The van der Waals surface area contributed by atoms with Gasteiger partial charge in [-0.2, -0.15) is 0 Å². The molecule has 6 nitrogen and oxygen atoms in total. The average molecular weight is 294 g/mol. The van der Waals surface area contributed by atoms with Gasteiger partial charge in [-0.15, -0.1) is 0 Å². The van der Waals surface area contributed by atoms with Crippen LogP contribution < -0.4 is 5.32 Å². The molecule has 0 heterocycles. The number of nitrogens with one attached hydrogen (secondary N) is 1. The Balaban J connectivity index is 2.51. The number of para-hydroxylation sites is 1. The number of carboxylic acids is 1. The first-order valence-corrected chi connectivity index (χ1v) is 5.63. The number of benzene rings is 2. The van der Waals surface area contributed by atoms with Gasteiger partial charge in [0.25, 0.3) is 0 Å². The largest absolute Gasteiger partial charge is 0.477 e. The van der Waals surface area contributed by atoms with Gasteiger partial charge in [0.15, 0.2) is 0 Å². The van der Waals surface area contributed by atoms with Crippen molar-refractivity contribution >= 4 is 23.0 Å². The summed E-state index contributed by atoms with van der Waals surface area (Å²) in [5, 5.41) is 22.4. The first-order chi connectivity index (χ1) is 9.90. The summed E-state index contributed by atoms with van der Waals surface area (Å²) in [4.78, 5) is 21.1. The van der Waals surface area contributed by atoms with E-state index in [-0.39, 0.29) is 11.4 Å². The number of hydrogen-bond acceptors (Lipinski definition) is 4. The van der Waals surface area contributed by atoms with Gasteiger partial charge in [-0.1, -0.05) is 6.07 Å². The Morgan fingerprint density at radius 3 is 2.48 bits per heavy atom. The van der Waals surface area contributed by atoms with E-state index in [9.17, 15) is 23.7 Å². The molecule has 2 N–H and O–H groups in total. The van der Waals surface area contributed by atoms with Crippen molar-refractivity contribution < 1.29 is 23.6 Å². The van der Waals surface area contributed by atoms with Crippen LogP contribution in [0, 0.1) is 21.7 Å². The monoisotopic (exact) mass is 294 g/mol. The van der Waals surface area contributed by atoms with Crippen molar-refractivity contribution in [2.45, 2.75) is 0 Å². The summed E-state index contributed by atoms with van der Waals surface area (Å²) in [5.41, 5.74) is -1.64. The molecular formula is C13H8F2N2O4. The molecule has 0 unspecified atom stereocenters. The molecule has 2 aromatic rings. The molecule has 108 valence electrons. The normalized spacial score (nSPS) is 10.2. The van der Waals surface area contributed by atoms with Crippen LogP contribution in [0.2, 0.25) is 0 Å². The van der Waals surface area contributed by atoms with Gasteiger partial charge < -0.3 is 10.4 Å². The maximum Gasteiger partial charge on any atom is 0.342 e. The van der Waals surface area contributed by atoms with E-state index in [0.29, 0.717) is 6.07 Å². The van der Waals surface area contributed by atoms with Crippen molar-refractivity contribution in [3.8, 4) is 0 Å². The van der Waals surface area contributed by atoms with Crippen molar-refractivity contribution in [2.75, 3.05) is 5.32 Å². The third kappa shape index (κ3) is 2.94. The fourth-order valence-electron chi connectivity index (χ4n) is 1.75. The third-order valence-corrected chi connectivity index (χ3v) is 2.65. The molecule has 0 fully saturated rings. The number of halogens is 2. The van der Waals surface area contributed by atoms with Crippen LogP contribution in [-0.2, 0) is 0 Å². The van der Waals surface area contributed by atoms with Crippen molar-refractivity contribution in [3.63, 3.8) is 0 Å². The molecule has 0 saturated heterocycles. The molecule has 0 aliphatic rings. The summed E-state index contributed by atoms with van der Waals surface area (Å²) >= 11 is 0. The van der Waals surface area contributed by atoms with Gasteiger partial charge in [0, 0.05) is 6.07 Å². The molecule has 0 aliphatic carbocycles. The van der Waals surface area contributed by atoms with Crippen LogP contribution in [0.5, 0.6) is 0 Å². The molecule has 8 heteroatoms. The highest BCUT2D eigenvalue weighted by Gasteiger charge is 2.24. The van der Waals surface area contributed by atoms with E-state index in [2.05, 4.69) is 5.32 Å². The van der Waals surface area contributed by atoms with E-state index >= 15 is 0 Å². The lowest BCUT2D eigenvalue weighted by molar-refractivity contribution is -0.384. The van der Waals surface area contributed by atoms with Gasteiger partial charge in [0.2, 0.25) is 0 Å². The Labute approximate surface area is 116 Å². The first kappa shape index (κ1) is 14.4. The van der Waals surface area contributed by atoms with Gasteiger partial charge >= 0.3 is 11.7 Å². The zero-order valence-electron chi connectivity index (χ0n) is 10.3. The van der Waals surface area contributed by atoms with E-state index in [1.807, 2.05) is 0 Å². The second-order valence-corrected chi connectivity index (χ2v) is 4.01. The molecule has 0 aliphatic heterocycles. The van der Waals surface area contributed by atoms with E-state index in [1.165, 1.54) is 12.1 Å². The molecule has 2 aromatic carbocycles. The molecule has 0 aromatic heterocycles. The van der Waals surface area contributed by atoms with Crippen molar-refractivity contribution in [1.82, 2.24) is 0 Å². The number of hydrogen-bond donors (Lipinski definition) is 2. The minimum absolute atomic E-state index is 0.203. The number of rotatable bonds is 4. The first-order valence-electron chi connectivity index (χ1n) is 5.63. The lowest BCUT2D eigenvalue weighted by atomic mass is 10.1. The van der Waals surface area contributed by atoms with Crippen LogP contribution in [0.25, 0.3) is 0 Å². The molecule has 0 atom stereocenters. The summed E-state index contributed by atoms with van der Waals surface area (Å²) in [5.74, 6) is -3.23. The Bertz CT molecular complexity index is 734. The lowest BCUT2D eigenvalue weighted by Gasteiger charge is -2.09. The van der Waals surface area contributed by atoms with Crippen molar-refractivity contribution in [3.05, 3.63) is 63.7 Å². The molecular weight excluding hydrogens is 286 g/mol. The minimum atomic E-state index is -1.48. The highest BCUT2D eigenvalue weighted by molar-refractivity contribution is 5.96. The number of aromatic carboxylic acids is 1. The fourth-order valence-corrected chi connectivity index (χ4v) is 1.75. The van der Waals surface area contributed by atoms with E-state index < -0.39 is 33.8 Å². The Morgan fingerprint density at radius 1 is 1.19 bits per heavy atom. The van der Waals surface area contributed by atoms with Gasteiger partial charge in [0.05, 0.1) is 10.6 Å². The second-order valence-electron chi connectivity index (χ2n) is 4.01. The van der Waals surface area contributed by atoms with Crippen molar-refractivity contribution in [1.29, 1.82) is 0 Å². The fraction of sp³-hybridized carbons (Fsp3) is 0. The molecule has 0 amide bonds. The van der Waals surface area contributed by atoms with Crippen LogP contribution in [0.15, 0.2) is 36.4 Å². The number of nitrogens with zero attached hydrogens (tertiary/aromatic N) is 1. The summed E-state index contributed by atoms with van der Waals surface area (Å²) in [6.07, 6.45) is 0. The quantitative estimate of drug-likeness (QED) is 0.666. The maximum absolute atomic E-state index is 13.5. The number of anilines is 2. The zero-order valence-corrected chi connectivity index (χ0v) is 10.3. The smallest absolute Gasteiger partial charge is 0.342 e. The third-order valence-electron chi connectivity index (χ3n) is 2.65. The van der Waals surface area contributed by atoms with Crippen LogP contribution in [-0.4, -0.2) is 16.0 Å². The number of nitro groups is 1. The van der Waals surface area contributed by atoms with Crippen LogP contribution in [0.3, 0.4) is 0 Å². The van der Waals surface area contributed by atoms with E-state index in [0.717, 1.165) is 18.2 Å². The molecule has 21 heavy (non-hydrogen) atoms. The summed E-state index contributed by atoms with van der Waals surface area (Å²) in [7, 11) is 0. The van der Waals surface area contributed by atoms with Crippen LogP contribution in [0.1, 0.15) is 10.4 Å². The SMILES string of the molecule is O=C(O)c1cccc(Nc2ccc(F)cc2F)c1[N+](=O)[O-]. The summed E-state index contributed by atoms with van der Waals surface area (Å²) < 4.78 is 26.3. The van der Waals surface area contributed by atoms with E-state index in [1.54, 1.807) is 0 Å². The van der Waals surface area contributed by atoms with Crippen LogP contribution >= 0.6 is 0 Å². The highest BCUT2D eigenvalue weighted by Crippen LogP contribution is 2.32. The highest BCUT2D eigenvalue weighted by atomic mass is 19.1. The van der Waals surface area contributed by atoms with Gasteiger partial charge in [-0.05, 0) is 24.3 Å². The predicted molar refractivity (Wildman–Crippen MR) is 69.7 cm³/mol. The lowest BCUT2D eigenvalue weighted by Crippen LogP contribution is -2.06. The predicted octanol–water partition coefficient (Wildman–Crippen LogP) is 3.31. The molecule has 0 bridgehead atoms. The maximum atomic E-state index is 13.5. The van der Waals surface area contributed by atoms with Crippen LogP contribution in [0.4, 0.5) is 25.8 Å². The molecule has 0 saturated carbocycles. The average Bonchev–Trinajstić information content (AvgIpc) is 2.41. The topological polar surface area (TPSA) is 92.5 Å². The minimum Gasteiger partial charge on any atom is -0.477 e. The Kier molecular flexibility index (Phi) is 3.79. The van der Waals surface area contributed by atoms with Gasteiger partial charge in [-0.3, -0.25) is 10.1 Å². The van der Waals surface area contributed by atoms with Gasteiger partial charge in [0.1, 0.15) is 22.9 Å². The Morgan fingerprint density at radius 2 is 1.90 bits per heavy atom. The molecule has 2 rings (SSSR count). The number of nitro benzene ring substituents is 1. The molecule has 0 spiro atoms.